The molecule has 4 rings (SSSR count). The van der Waals surface area contributed by atoms with Crippen molar-refractivity contribution in [2.45, 2.75) is 56.7 Å². The molecule has 0 spiro atoms. The second-order valence-electron chi connectivity index (χ2n) is 8.27. The van der Waals surface area contributed by atoms with Gasteiger partial charge in [-0.3, -0.25) is 14.5 Å². The van der Waals surface area contributed by atoms with Gasteiger partial charge in [0.2, 0.25) is 11.8 Å². The molecule has 6 nitrogen and oxygen atoms in total. The fourth-order valence-electron chi connectivity index (χ4n) is 4.92. The molecule has 1 aliphatic carbocycles. The highest BCUT2D eigenvalue weighted by Crippen LogP contribution is 2.29. The lowest BCUT2D eigenvalue weighted by molar-refractivity contribution is -0.140. The van der Waals surface area contributed by atoms with Crippen LogP contribution >= 0.6 is 0 Å². The Bertz CT molecular complexity index is 717. The summed E-state index contributed by atoms with van der Waals surface area (Å²) in [4.78, 5) is 29.5. The summed E-state index contributed by atoms with van der Waals surface area (Å²) in [5.41, 5.74) is 2.48. The number of carbonyl (C=O) groups excluding carboxylic acids is 2. The molecule has 0 radical (unpaired) electrons. The van der Waals surface area contributed by atoms with Crippen LogP contribution in [0.5, 0.6) is 0 Å². The Hall–Kier alpha value is -1.92. The maximum Gasteiger partial charge on any atom is 0.237 e. The molecule has 1 aromatic rings. The molecule has 28 heavy (non-hydrogen) atoms. The number of hydrogen-bond acceptors (Lipinski definition) is 4. The van der Waals surface area contributed by atoms with Gasteiger partial charge in [-0.15, -0.1) is 0 Å². The second-order valence-corrected chi connectivity index (χ2v) is 8.27. The molecule has 2 amide bonds. The number of nitrogens with zero attached hydrogens (tertiary/aromatic N) is 2. The van der Waals surface area contributed by atoms with Crippen LogP contribution in [0.15, 0.2) is 24.3 Å². The van der Waals surface area contributed by atoms with Crippen LogP contribution in [0.3, 0.4) is 0 Å². The van der Waals surface area contributed by atoms with E-state index in [1.165, 1.54) is 24.0 Å². The highest BCUT2D eigenvalue weighted by Gasteiger charge is 2.37. The Morgan fingerprint density at radius 2 is 2.07 bits per heavy atom. The van der Waals surface area contributed by atoms with Crippen molar-refractivity contribution in [2.75, 3.05) is 33.3 Å². The van der Waals surface area contributed by atoms with E-state index in [1.807, 2.05) is 13.1 Å². The molecule has 2 fully saturated rings. The fraction of sp³-hybridized carbons (Fsp3) is 0.636. The summed E-state index contributed by atoms with van der Waals surface area (Å²) in [7, 11) is 1.82. The summed E-state index contributed by atoms with van der Waals surface area (Å²) in [5, 5.41) is 2.95. The molecule has 0 aromatic heterocycles. The normalized spacial score (nSPS) is 26.0. The topological polar surface area (TPSA) is 61.9 Å². The number of rotatable bonds is 5. The van der Waals surface area contributed by atoms with Gasteiger partial charge in [0.05, 0.1) is 25.6 Å². The Balaban J connectivity index is 1.40. The van der Waals surface area contributed by atoms with E-state index in [4.69, 9.17) is 4.74 Å². The third-order valence-corrected chi connectivity index (χ3v) is 6.49. The fourth-order valence-corrected chi connectivity index (χ4v) is 4.92. The number of nitrogens with one attached hydrogen (secondary N) is 1. The lowest BCUT2D eigenvalue weighted by Gasteiger charge is -2.39. The molecule has 1 aromatic carbocycles. The quantitative estimate of drug-likeness (QED) is 0.841. The number of ether oxygens (including phenoxy) is 1. The maximum atomic E-state index is 13.0. The highest BCUT2D eigenvalue weighted by atomic mass is 16.5. The van der Waals surface area contributed by atoms with Crippen molar-refractivity contribution >= 4 is 11.8 Å². The summed E-state index contributed by atoms with van der Waals surface area (Å²) in [6, 6.07) is 8.41. The number of likely N-dealkylation sites (N-methyl/N-ethyl adjacent to an activating group) is 1. The van der Waals surface area contributed by atoms with Crippen LogP contribution < -0.4 is 5.32 Å². The average molecular weight is 386 g/mol. The molecule has 1 N–H and O–H groups in total. The van der Waals surface area contributed by atoms with E-state index in [0.29, 0.717) is 25.7 Å². The zero-order valence-electron chi connectivity index (χ0n) is 16.7. The van der Waals surface area contributed by atoms with E-state index in [9.17, 15) is 9.59 Å². The van der Waals surface area contributed by atoms with Gasteiger partial charge in [-0.05, 0) is 30.4 Å². The third-order valence-electron chi connectivity index (χ3n) is 6.49. The largest absolute Gasteiger partial charge is 0.371 e. The van der Waals surface area contributed by atoms with Gasteiger partial charge in [-0.1, -0.05) is 37.1 Å². The zero-order chi connectivity index (χ0) is 19.5. The first kappa shape index (κ1) is 19.4. The van der Waals surface area contributed by atoms with Gasteiger partial charge in [-0.2, -0.15) is 0 Å². The van der Waals surface area contributed by atoms with E-state index >= 15 is 0 Å². The molecule has 6 heteroatoms. The smallest absolute Gasteiger partial charge is 0.237 e. The Labute approximate surface area is 167 Å². The van der Waals surface area contributed by atoms with Crippen molar-refractivity contribution in [3.8, 4) is 0 Å². The first-order valence-electron chi connectivity index (χ1n) is 10.6. The summed E-state index contributed by atoms with van der Waals surface area (Å²) >= 11 is 0. The molecule has 3 aliphatic rings. The molecule has 2 atom stereocenters. The number of carbonyl (C=O) groups is 2. The zero-order valence-corrected chi connectivity index (χ0v) is 16.7. The molecule has 1 saturated heterocycles. The van der Waals surface area contributed by atoms with Gasteiger partial charge in [0.15, 0.2) is 0 Å². The van der Waals surface area contributed by atoms with Crippen molar-refractivity contribution in [3.05, 3.63) is 35.4 Å². The van der Waals surface area contributed by atoms with Gasteiger partial charge in [0.25, 0.3) is 0 Å². The number of piperazine rings is 1. The second kappa shape index (κ2) is 8.62. The Kier molecular flexibility index (Phi) is 5.97. The van der Waals surface area contributed by atoms with E-state index in [1.54, 1.807) is 4.90 Å². The Morgan fingerprint density at radius 3 is 2.89 bits per heavy atom. The van der Waals surface area contributed by atoms with Gasteiger partial charge in [-0.25, -0.2) is 0 Å². The van der Waals surface area contributed by atoms with E-state index < -0.39 is 0 Å². The molecule has 1 saturated carbocycles. The van der Waals surface area contributed by atoms with Gasteiger partial charge < -0.3 is 15.0 Å². The average Bonchev–Trinajstić information content (AvgIpc) is 3.24. The molecule has 2 heterocycles. The predicted octanol–water partition coefficient (Wildman–Crippen LogP) is 1.89. The van der Waals surface area contributed by atoms with Crippen LogP contribution in [0.2, 0.25) is 0 Å². The highest BCUT2D eigenvalue weighted by molar-refractivity contribution is 5.88. The third kappa shape index (κ3) is 4.08. The van der Waals surface area contributed by atoms with Crippen molar-refractivity contribution in [1.82, 2.24) is 15.1 Å². The van der Waals surface area contributed by atoms with Crippen molar-refractivity contribution in [1.29, 1.82) is 0 Å². The lowest BCUT2D eigenvalue weighted by atomic mass is 9.97. The SMILES string of the molecule is CN(C[C@@H]1OCCc2ccccc21)C(=O)C[C@@H]1C(=O)NCCN1C1CCCC1. The van der Waals surface area contributed by atoms with Gasteiger partial charge >= 0.3 is 0 Å². The molecular formula is C22H31N3O3. The number of fused-ring (bicyclic) bond motifs is 1. The summed E-state index contributed by atoms with van der Waals surface area (Å²) in [6.07, 6.45) is 5.80. The van der Waals surface area contributed by atoms with Crippen LogP contribution in [0.1, 0.15) is 49.3 Å². The van der Waals surface area contributed by atoms with Crippen LogP contribution in [-0.4, -0.2) is 67.0 Å². The minimum atomic E-state index is -0.341. The standard InChI is InChI=1S/C22H31N3O3/c1-24(15-20-18-9-5-2-6-16(18)10-13-28-20)21(26)14-19-22(27)23-11-12-25(19)17-7-3-4-8-17/h2,5-6,9,17,19-20H,3-4,7-8,10-15H2,1H3,(H,23,27)/t19-,20+/m1/s1. The Morgan fingerprint density at radius 1 is 1.29 bits per heavy atom. The predicted molar refractivity (Wildman–Crippen MR) is 107 cm³/mol. The van der Waals surface area contributed by atoms with Gasteiger partial charge in [0, 0.05) is 26.2 Å². The molecule has 0 unspecified atom stereocenters. The molecular weight excluding hydrogens is 354 g/mol. The maximum absolute atomic E-state index is 13.0. The van der Waals surface area contributed by atoms with Crippen LogP contribution in [0, 0.1) is 0 Å². The van der Waals surface area contributed by atoms with Crippen LogP contribution in [-0.2, 0) is 20.7 Å². The molecule has 2 aliphatic heterocycles. The van der Waals surface area contributed by atoms with Crippen molar-refractivity contribution in [2.24, 2.45) is 0 Å². The van der Waals surface area contributed by atoms with Crippen LogP contribution in [0.25, 0.3) is 0 Å². The summed E-state index contributed by atoms with van der Waals surface area (Å²) < 4.78 is 5.96. The minimum Gasteiger partial charge on any atom is -0.371 e. The minimum absolute atomic E-state index is 0.000776. The van der Waals surface area contributed by atoms with E-state index in [0.717, 1.165) is 25.8 Å². The van der Waals surface area contributed by atoms with Crippen molar-refractivity contribution in [3.63, 3.8) is 0 Å². The number of benzene rings is 1. The summed E-state index contributed by atoms with van der Waals surface area (Å²) in [6.45, 7) is 2.73. The number of amides is 2. The van der Waals surface area contributed by atoms with Crippen LogP contribution in [0.4, 0.5) is 0 Å². The van der Waals surface area contributed by atoms with E-state index in [2.05, 4.69) is 28.4 Å². The number of hydrogen-bond donors (Lipinski definition) is 1. The van der Waals surface area contributed by atoms with Gasteiger partial charge in [0.1, 0.15) is 6.10 Å². The lowest BCUT2D eigenvalue weighted by Crippen LogP contribution is -2.59. The first-order valence-corrected chi connectivity index (χ1v) is 10.6. The first-order chi connectivity index (χ1) is 13.6. The molecule has 0 bridgehead atoms. The van der Waals surface area contributed by atoms with E-state index in [-0.39, 0.29) is 30.4 Å². The van der Waals surface area contributed by atoms with Crippen molar-refractivity contribution < 1.29 is 14.3 Å². The monoisotopic (exact) mass is 385 g/mol. The molecule has 152 valence electrons. The summed E-state index contributed by atoms with van der Waals surface area (Å²) in [5.74, 6) is 0.0101.